The van der Waals surface area contributed by atoms with E-state index in [4.69, 9.17) is 21.1 Å². The fraction of sp³-hybridized carbons (Fsp3) is 0.294. The fourth-order valence-electron chi connectivity index (χ4n) is 2.28. The normalized spacial score (nSPS) is 12.1. The quantitative estimate of drug-likeness (QED) is 0.756. The summed E-state index contributed by atoms with van der Waals surface area (Å²) >= 11 is 6.50. The molecule has 4 heteroatoms. The Morgan fingerprint density at radius 1 is 1.00 bits per heavy atom. The molecule has 0 fully saturated rings. The standard InChI is InChI=1S/C17H18ClFO2/c1-10-6-5-7-12(11(10)2)17(18)13-8-15(20-3)16(21-4)9-14(13)19/h5-9,17H,1-4H3. The van der Waals surface area contributed by atoms with Crippen LogP contribution in [0, 0.1) is 19.7 Å². The number of rotatable bonds is 4. The van der Waals surface area contributed by atoms with Gasteiger partial charge in [0.2, 0.25) is 0 Å². The summed E-state index contributed by atoms with van der Waals surface area (Å²) in [5.74, 6) is 0.405. The Balaban J connectivity index is 2.53. The molecule has 0 saturated heterocycles. The lowest BCUT2D eigenvalue weighted by Crippen LogP contribution is -2.02. The third kappa shape index (κ3) is 2.98. The maximum absolute atomic E-state index is 14.3. The Morgan fingerprint density at radius 3 is 2.24 bits per heavy atom. The highest BCUT2D eigenvalue weighted by atomic mass is 35.5. The van der Waals surface area contributed by atoms with Crippen molar-refractivity contribution >= 4 is 11.6 Å². The van der Waals surface area contributed by atoms with Gasteiger partial charge >= 0.3 is 0 Å². The lowest BCUT2D eigenvalue weighted by atomic mass is 9.96. The Kier molecular flexibility index (Phi) is 4.73. The number of benzene rings is 2. The number of hydrogen-bond donors (Lipinski definition) is 0. The summed E-state index contributed by atoms with van der Waals surface area (Å²) < 4.78 is 24.6. The van der Waals surface area contributed by atoms with Gasteiger partial charge in [-0.15, -0.1) is 11.6 Å². The van der Waals surface area contributed by atoms with Crippen molar-refractivity contribution < 1.29 is 13.9 Å². The van der Waals surface area contributed by atoms with E-state index in [-0.39, 0.29) is 0 Å². The molecule has 0 aliphatic rings. The summed E-state index contributed by atoms with van der Waals surface area (Å²) in [5, 5.41) is -0.579. The van der Waals surface area contributed by atoms with Crippen LogP contribution in [0.2, 0.25) is 0 Å². The maximum atomic E-state index is 14.3. The van der Waals surface area contributed by atoms with E-state index in [1.54, 1.807) is 6.07 Å². The number of ether oxygens (including phenoxy) is 2. The first-order valence-electron chi connectivity index (χ1n) is 6.61. The molecule has 0 heterocycles. The van der Waals surface area contributed by atoms with Crippen LogP contribution in [0.1, 0.15) is 27.6 Å². The van der Waals surface area contributed by atoms with Crippen LogP contribution in [0.5, 0.6) is 11.5 Å². The van der Waals surface area contributed by atoms with E-state index in [0.29, 0.717) is 17.1 Å². The topological polar surface area (TPSA) is 18.5 Å². The lowest BCUT2D eigenvalue weighted by molar-refractivity contribution is 0.351. The summed E-state index contributed by atoms with van der Waals surface area (Å²) in [6.07, 6.45) is 0. The smallest absolute Gasteiger partial charge is 0.163 e. The minimum absolute atomic E-state index is 0.351. The van der Waals surface area contributed by atoms with Gasteiger partial charge < -0.3 is 9.47 Å². The van der Waals surface area contributed by atoms with Crippen LogP contribution in [0.25, 0.3) is 0 Å². The van der Waals surface area contributed by atoms with Gasteiger partial charge in [0.05, 0.1) is 19.6 Å². The third-order valence-electron chi connectivity index (χ3n) is 3.70. The summed E-state index contributed by atoms with van der Waals surface area (Å²) in [7, 11) is 2.99. The molecule has 2 aromatic rings. The number of hydrogen-bond acceptors (Lipinski definition) is 2. The highest BCUT2D eigenvalue weighted by molar-refractivity contribution is 6.22. The second-order valence-corrected chi connectivity index (χ2v) is 5.32. The van der Waals surface area contributed by atoms with Crippen LogP contribution < -0.4 is 9.47 Å². The molecule has 1 unspecified atom stereocenters. The first kappa shape index (κ1) is 15.6. The van der Waals surface area contributed by atoms with Crippen LogP contribution in [0.4, 0.5) is 4.39 Å². The van der Waals surface area contributed by atoms with Gasteiger partial charge in [-0.2, -0.15) is 0 Å². The lowest BCUT2D eigenvalue weighted by Gasteiger charge is -2.17. The molecule has 2 aromatic carbocycles. The second kappa shape index (κ2) is 6.35. The summed E-state index contributed by atoms with van der Waals surface area (Å²) in [6, 6.07) is 8.73. The van der Waals surface area contributed by atoms with E-state index in [1.165, 1.54) is 20.3 Å². The van der Waals surface area contributed by atoms with Gasteiger partial charge in [-0.05, 0) is 36.6 Å². The predicted octanol–water partition coefficient (Wildman–Crippen LogP) is 4.79. The van der Waals surface area contributed by atoms with Crippen LogP contribution >= 0.6 is 11.6 Å². The molecule has 112 valence electrons. The number of aryl methyl sites for hydroxylation is 1. The van der Waals surface area contributed by atoms with Crippen molar-refractivity contribution in [3.8, 4) is 11.5 Å². The second-order valence-electron chi connectivity index (χ2n) is 4.88. The van der Waals surface area contributed by atoms with Gasteiger partial charge in [-0.3, -0.25) is 0 Å². The average Bonchev–Trinajstić information content (AvgIpc) is 2.49. The van der Waals surface area contributed by atoms with E-state index in [1.807, 2.05) is 32.0 Å². The minimum atomic E-state index is -0.579. The maximum Gasteiger partial charge on any atom is 0.163 e. The molecule has 0 bridgehead atoms. The van der Waals surface area contributed by atoms with Gasteiger partial charge in [0, 0.05) is 11.6 Å². The van der Waals surface area contributed by atoms with Crippen molar-refractivity contribution in [2.75, 3.05) is 14.2 Å². The Hall–Kier alpha value is -1.74. The van der Waals surface area contributed by atoms with Crippen LogP contribution in [0.3, 0.4) is 0 Å². The largest absolute Gasteiger partial charge is 0.493 e. The first-order valence-corrected chi connectivity index (χ1v) is 7.04. The number of halogens is 2. The Bertz CT molecular complexity index is 655. The number of methoxy groups -OCH3 is 2. The first-order chi connectivity index (χ1) is 9.99. The SMILES string of the molecule is COc1cc(F)c(C(Cl)c2cccc(C)c2C)cc1OC. The van der Waals surface area contributed by atoms with Crippen molar-refractivity contribution in [2.45, 2.75) is 19.2 Å². The van der Waals surface area contributed by atoms with Crippen molar-refractivity contribution in [3.05, 3.63) is 58.4 Å². The molecule has 0 aliphatic heterocycles. The molecule has 0 aromatic heterocycles. The molecule has 0 saturated carbocycles. The van der Waals surface area contributed by atoms with Gasteiger partial charge in [-0.25, -0.2) is 4.39 Å². The van der Waals surface area contributed by atoms with E-state index < -0.39 is 11.2 Å². The van der Waals surface area contributed by atoms with Crippen LogP contribution in [0.15, 0.2) is 30.3 Å². The van der Waals surface area contributed by atoms with Crippen molar-refractivity contribution in [3.63, 3.8) is 0 Å². The highest BCUT2D eigenvalue weighted by Crippen LogP contribution is 2.38. The molecule has 2 nitrogen and oxygen atoms in total. The number of alkyl halides is 1. The minimum Gasteiger partial charge on any atom is -0.493 e. The van der Waals surface area contributed by atoms with Crippen molar-refractivity contribution in [1.82, 2.24) is 0 Å². The van der Waals surface area contributed by atoms with Gasteiger partial charge in [0.15, 0.2) is 11.5 Å². The van der Waals surface area contributed by atoms with E-state index in [0.717, 1.165) is 16.7 Å². The van der Waals surface area contributed by atoms with Crippen molar-refractivity contribution in [2.24, 2.45) is 0 Å². The zero-order chi connectivity index (χ0) is 15.6. The van der Waals surface area contributed by atoms with Gasteiger partial charge in [0.25, 0.3) is 0 Å². The van der Waals surface area contributed by atoms with Gasteiger partial charge in [-0.1, -0.05) is 18.2 Å². The molecule has 0 amide bonds. The average molecular weight is 309 g/mol. The van der Waals surface area contributed by atoms with Crippen LogP contribution in [-0.2, 0) is 0 Å². The molecule has 2 rings (SSSR count). The Morgan fingerprint density at radius 2 is 1.62 bits per heavy atom. The molecule has 0 N–H and O–H groups in total. The monoisotopic (exact) mass is 308 g/mol. The summed E-state index contributed by atoms with van der Waals surface area (Å²) in [4.78, 5) is 0. The fourth-order valence-corrected chi connectivity index (χ4v) is 2.68. The molecule has 1 atom stereocenters. The molecular weight excluding hydrogens is 291 g/mol. The molecular formula is C17H18ClFO2. The molecule has 0 radical (unpaired) electrons. The zero-order valence-corrected chi connectivity index (χ0v) is 13.3. The summed E-state index contributed by atoms with van der Waals surface area (Å²) in [5.41, 5.74) is 3.46. The van der Waals surface area contributed by atoms with Crippen LogP contribution in [-0.4, -0.2) is 14.2 Å². The molecule has 21 heavy (non-hydrogen) atoms. The van der Waals surface area contributed by atoms with E-state index in [2.05, 4.69) is 0 Å². The van der Waals surface area contributed by atoms with Gasteiger partial charge in [0.1, 0.15) is 5.82 Å². The van der Waals surface area contributed by atoms with Crippen molar-refractivity contribution in [1.29, 1.82) is 0 Å². The molecule has 0 spiro atoms. The Labute approximate surface area is 129 Å². The van der Waals surface area contributed by atoms with E-state index in [9.17, 15) is 4.39 Å². The molecule has 0 aliphatic carbocycles. The zero-order valence-electron chi connectivity index (χ0n) is 12.5. The third-order valence-corrected chi connectivity index (χ3v) is 4.17. The summed E-state index contributed by atoms with van der Waals surface area (Å²) in [6.45, 7) is 3.99. The van der Waals surface area contributed by atoms with E-state index >= 15 is 0 Å². The predicted molar refractivity (Wildman–Crippen MR) is 83.1 cm³/mol. The highest BCUT2D eigenvalue weighted by Gasteiger charge is 2.20.